The van der Waals surface area contributed by atoms with E-state index in [1.807, 2.05) is 17.5 Å². The summed E-state index contributed by atoms with van der Waals surface area (Å²) in [5.41, 5.74) is 1.27. The minimum atomic E-state index is -0.777. The van der Waals surface area contributed by atoms with Crippen LogP contribution >= 0.6 is 11.3 Å². The molecule has 2 N–H and O–H groups in total. The molecule has 0 radical (unpaired) electrons. The Morgan fingerprint density at radius 2 is 2.35 bits per heavy atom. The highest BCUT2D eigenvalue weighted by atomic mass is 32.1. The smallest absolute Gasteiger partial charge is 0.303 e. The number of nitrogens with zero attached hydrogens (tertiary/aromatic N) is 2. The first-order valence-corrected chi connectivity index (χ1v) is 8.62. The molecule has 1 amide bonds. The number of carbonyl (C=O) groups is 2. The molecule has 1 fully saturated rings. The van der Waals surface area contributed by atoms with Crippen LogP contribution in [0.4, 0.5) is 0 Å². The van der Waals surface area contributed by atoms with Crippen molar-refractivity contribution in [3.8, 4) is 10.6 Å². The van der Waals surface area contributed by atoms with Crippen LogP contribution in [0.5, 0.6) is 0 Å². The van der Waals surface area contributed by atoms with Gasteiger partial charge >= 0.3 is 5.97 Å². The van der Waals surface area contributed by atoms with Gasteiger partial charge in [-0.15, -0.1) is 11.3 Å². The second-order valence-corrected chi connectivity index (χ2v) is 6.78. The Morgan fingerprint density at radius 1 is 1.48 bits per heavy atom. The fourth-order valence-electron chi connectivity index (χ4n) is 2.96. The zero-order valence-corrected chi connectivity index (χ0v) is 13.5. The molecule has 1 saturated heterocycles. The lowest BCUT2D eigenvalue weighted by atomic mass is 9.93. The minimum absolute atomic E-state index is 0.0796. The Kier molecular flexibility index (Phi) is 4.76. The maximum atomic E-state index is 12.6. The molecule has 0 aromatic carbocycles. The molecule has 1 atom stereocenters. The van der Waals surface area contributed by atoms with Crippen molar-refractivity contribution >= 4 is 23.2 Å². The SMILES string of the molecule is O=C(O)CCC1CCCN(C(=O)c2cc(-c3cccs3)[nH]n2)C1. The van der Waals surface area contributed by atoms with Gasteiger partial charge in [-0.05, 0) is 42.7 Å². The Morgan fingerprint density at radius 3 is 3.09 bits per heavy atom. The molecule has 2 aromatic rings. The van der Waals surface area contributed by atoms with Gasteiger partial charge < -0.3 is 10.0 Å². The van der Waals surface area contributed by atoms with Crippen LogP contribution in [0, 0.1) is 5.92 Å². The molecule has 3 heterocycles. The normalized spacial score (nSPS) is 18.1. The fraction of sp³-hybridized carbons (Fsp3) is 0.438. The Balaban J connectivity index is 1.64. The van der Waals surface area contributed by atoms with Crippen LogP contribution in [-0.4, -0.2) is 45.2 Å². The lowest BCUT2D eigenvalue weighted by molar-refractivity contribution is -0.137. The molecule has 0 bridgehead atoms. The number of hydrogen-bond donors (Lipinski definition) is 2. The molecule has 1 unspecified atom stereocenters. The predicted molar refractivity (Wildman–Crippen MR) is 87.4 cm³/mol. The molecule has 7 heteroatoms. The molecular formula is C16H19N3O3S. The van der Waals surface area contributed by atoms with Crippen molar-refractivity contribution in [1.29, 1.82) is 0 Å². The monoisotopic (exact) mass is 333 g/mol. The van der Waals surface area contributed by atoms with Gasteiger partial charge in [-0.25, -0.2) is 0 Å². The number of aromatic amines is 1. The summed E-state index contributed by atoms with van der Waals surface area (Å²) in [5, 5.41) is 17.8. The van der Waals surface area contributed by atoms with E-state index in [0.29, 0.717) is 25.2 Å². The van der Waals surface area contributed by atoms with E-state index in [1.54, 1.807) is 22.3 Å². The lowest BCUT2D eigenvalue weighted by Crippen LogP contribution is -2.40. The molecule has 0 spiro atoms. The van der Waals surface area contributed by atoms with Gasteiger partial charge in [0.1, 0.15) is 0 Å². The zero-order valence-electron chi connectivity index (χ0n) is 12.7. The first-order valence-electron chi connectivity index (χ1n) is 7.74. The average Bonchev–Trinajstić information content (AvgIpc) is 3.23. The first kappa shape index (κ1) is 15.7. The Bertz CT molecular complexity index is 681. The minimum Gasteiger partial charge on any atom is -0.481 e. The summed E-state index contributed by atoms with van der Waals surface area (Å²) in [6.45, 7) is 1.33. The number of piperidine rings is 1. The summed E-state index contributed by atoms with van der Waals surface area (Å²) >= 11 is 1.59. The van der Waals surface area contributed by atoms with E-state index in [1.165, 1.54) is 0 Å². The number of hydrogen-bond acceptors (Lipinski definition) is 4. The molecule has 3 rings (SSSR count). The van der Waals surface area contributed by atoms with Crippen molar-refractivity contribution in [3.63, 3.8) is 0 Å². The van der Waals surface area contributed by atoms with Gasteiger partial charge in [0.2, 0.25) is 0 Å². The number of aromatic nitrogens is 2. The third-order valence-electron chi connectivity index (χ3n) is 4.16. The van der Waals surface area contributed by atoms with Crippen LogP contribution in [0.15, 0.2) is 23.6 Å². The number of thiophene rings is 1. The van der Waals surface area contributed by atoms with E-state index >= 15 is 0 Å². The number of rotatable bonds is 5. The van der Waals surface area contributed by atoms with Crippen molar-refractivity contribution in [2.45, 2.75) is 25.7 Å². The number of amides is 1. The number of carboxylic acids is 1. The van der Waals surface area contributed by atoms with Crippen LogP contribution in [0.3, 0.4) is 0 Å². The highest BCUT2D eigenvalue weighted by molar-refractivity contribution is 7.13. The maximum Gasteiger partial charge on any atom is 0.303 e. The standard InChI is InChI=1S/C16H19N3O3S/c20-15(21)6-5-11-3-1-7-19(10-11)16(22)13-9-12(17-18-13)14-4-2-8-23-14/h2,4,8-9,11H,1,3,5-7,10H2,(H,17,18)(H,20,21). The van der Waals surface area contributed by atoms with Crippen molar-refractivity contribution in [2.75, 3.05) is 13.1 Å². The van der Waals surface area contributed by atoms with Crippen LogP contribution in [-0.2, 0) is 4.79 Å². The van der Waals surface area contributed by atoms with Gasteiger partial charge in [0.05, 0.1) is 10.6 Å². The summed E-state index contributed by atoms with van der Waals surface area (Å²) in [7, 11) is 0. The average molecular weight is 333 g/mol. The summed E-state index contributed by atoms with van der Waals surface area (Å²) in [6.07, 6.45) is 2.69. The molecule has 122 valence electrons. The number of H-pyrrole nitrogens is 1. The number of likely N-dealkylation sites (tertiary alicyclic amines) is 1. The third kappa shape index (κ3) is 3.79. The maximum absolute atomic E-state index is 12.6. The van der Waals surface area contributed by atoms with Gasteiger partial charge in [-0.3, -0.25) is 14.7 Å². The van der Waals surface area contributed by atoms with E-state index in [4.69, 9.17) is 5.11 Å². The number of aliphatic carboxylic acids is 1. The van der Waals surface area contributed by atoms with Gasteiger partial charge in [0.25, 0.3) is 5.91 Å². The van der Waals surface area contributed by atoms with E-state index in [-0.39, 0.29) is 18.2 Å². The molecule has 0 aliphatic carbocycles. The van der Waals surface area contributed by atoms with Gasteiger partial charge in [-0.1, -0.05) is 6.07 Å². The molecule has 0 saturated carbocycles. The Hall–Kier alpha value is -2.15. The molecular weight excluding hydrogens is 314 g/mol. The summed E-state index contributed by atoms with van der Waals surface area (Å²) in [4.78, 5) is 26.1. The molecule has 2 aromatic heterocycles. The summed E-state index contributed by atoms with van der Waals surface area (Å²) < 4.78 is 0. The Labute approximate surface area is 138 Å². The first-order chi connectivity index (χ1) is 11.1. The van der Waals surface area contributed by atoms with Crippen LogP contribution < -0.4 is 0 Å². The number of nitrogens with one attached hydrogen (secondary N) is 1. The van der Waals surface area contributed by atoms with E-state index < -0.39 is 5.97 Å². The van der Waals surface area contributed by atoms with Gasteiger partial charge in [0, 0.05) is 19.5 Å². The zero-order chi connectivity index (χ0) is 16.2. The molecule has 1 aliphatic heterocycles. The van der Waals surface area contributed by atoms with Gasteiger partial charge in [-0.2, -0.15) is 5.10 Å². The highest BCUT2D eigenvalue weighted by Crippen LogP contribution is 2.25. The van der Waals surface area contributed by atoms with E-state index in [2.05, 4.69) is 10.2 Å². The van der Waals surface area contributed by atoms with Crippen molar-refractivity contribution < 1.29 is 14.7 Å². The van der Waals surface area contributed by atoms with Crippen LogP contribution in [0.1, 0.15) is 36.2 Å². The fourth-order valence-corrected chi connectivity index (χ4v) is 3.66. The van der Waals surface area contributed by atoms with E-state index in [0.717, 1.165) is 23.4 Å². The number of carboxylic acid groups (broad SMARTS) is 1. The van der Waals surface area contributed by atoms with Crippen molar-refractivity contribution in [2.24, 2.45) is 5.92 Å². The largest absolute Gasteiger partial charge is 0.481 e. The quantitative estimate of drug-likeness (QED) is 0.881. The van der Waals surface area contributed by atoms with Crippen LogP contribution in [0.2, 0.25) is 0 Å². The molecule has 23 heavy (non-hydrogen) atoms. The summed E-state index contributed by atoms with van der Waals surface area (Å²) in [5.74, 6) is -0.593. The summed E-state index contributed by atoms with van der Waals surface area (Å²) in [6, 6.07) is 5.73. The van der Waals surface area contributed by atoms with Gasteiger partial charge in [0.15, 0.2) is 5.69 Å². The topological polar surface area (TPSA) is 86.3 Å². The second-order valence-electron chi connectivity index (χ2n) is 5.84. The van der Waals surface area contributed by atoms with E-state index in [9.17, 15) is 9.59 Å². The predicted octanol–water partition coefficient (Wildman–Crippen LogP) is 2.86. The van der Waals surface area contributed by atoms with Crippen LogP contribution in [0.25, 0.3) is 10.6 Å². The third-order valence-corrected chi connectivity index (χ3v) is 5.06. The second kappa shape index (κ2) is 6.95. The van der Waals surface area contributed by atoms with Crippen molar-refractivity contribution in [1.82, 2.24) is 15.1 Å². The molecule has 6 nitrogen and oxygen atoms in total. The lowest BCUT2D eigenvalue weighted by Gasteiger charge is -2.32. The highest BCUT2D eigenvalue weighted by Gasteiger charge is 2.26. The molecule has 1 aliphatic rings. The van der Waals surface area contributed by atoms with Crippen molar-refractivity contribution in [3.05, 3.63) is 29.3 Å². The number of carbonyl (C=O) groups excluding carboxylic acids is 1.